The summed E-state index contributed by atoms with van der Waals surface area (Å²) in [4.78, 5) is 35.6. The van der Waals surface area contributed by atoms with Gasteiger partial charge in [-0.15, -0.1) is 5.10 Å². The first kappa shape index (κ1) is 19.0. The fourth-order valence-corrected chi connectivity index (χ4v) is 2.74. The van der Waals surface area contributed by atoms with Crippen LogP contribution in [-0.4, -0.2) is 31.4 Å². The van der Waals surface area contributed by atoms with Crippen LogP contribution >= 0.6 is 0 Å². The second-order valence-corrected chi connectivity index (χ2v) is 6.34. The molecule has 2 aromatic heterocycles. The topological polar surface area (TPSA) is 111 Å². The zero-order valence-electron chi connectivity index (χ0n) is 15.8. The first-order chi connectivity index (χ1) is 13.3. The molecule has 2 amide bonds. The Morgan fingerprint density at radius 3 is 2.36 bits per heavy atom. The average Bonchev–Trinajstić information content (AvgIpc) is 2.95. The van der Waals surface area contributed by atoms with Crippen molar-refractivity contribution in [3.63, 3.8) is 0 Å². The van der Waals surface area contributed by atoms with E-state index >= 15 is 0 Å². The van der Waals surface area contributed by atoms with Crippen LogP contribution in [0.5, 0.6) is 0 Å². The van der Waals surface area contributed by atoms with Crippen LogP contribution in [0, 0.1) is 13.8 Å². The predicted octanol–water partition coefficient (Wildman–Crippen LogP) is 1.64. The van der Waals surface area contributed by atoms with Crippen molar-refractivity contribution in [1.82, 2.24) is 19.6 Å². The van der Waals surface area contributed by atoms with Gasteiger partial charge in [0.25, 0.3) is 5.56 Å². The van der Waals surface area contributed by atoms with Crippen molar-refractivity contribution in [1.29, 1.82) is 0 Å². The van der Waals surface area contributed by atoms with Gasteiger partial charge in [-0.3, -0.25) is 14.4 Å². The number of nitrogens with one attached hydrogen (secondary N) is 2. The molecule has 0 spiro atoms. The minimum absolute atomic E-state index is 0.208. The predicted molar refractivity (Wildman–Crippen MR) is 104 cm³/mol. The van der Waals surface area contributed by atoms with Crippen molar-refractivity contribution in [2.24, 2.45) is 0 Å². The normalized spacial score (nSPS) is 10.5. The fraction of sp³-hybridized carbons (Fsp3) is 0.211. The van der Waals surface area contributed by atoms with Gasteiger partial charge in [-0.05, 0) is 44.2 Å². The molecule has 0 aliphatic rings. The van der Waals surface area contributed by atoms with Crippen molar-refractivity contribution in [3.05, 3.63) is 64.2 Å². The van der Waals surface area contributed by atoms with E-state index in [-0.39, 0.29) is 12.5 Å². The van der Waals surface area contributed by atoms with E-state index in [9.17, 15) is 14.4 Å². The smallest absolute Gasteiger partial charge is 0.267 e. The molecule has 2 N–H and O–H groups in total. The molecule has 0 saturated carbocycles. The molecule has 0 fully saturated rings. The van der Waals surface area contributed by atoms with E-state index in [1.54, 1.807) is 35.0 Å². The highest BCUT2D eigenvalue weighted by Crippen LogP contribution is 2.15. The van der Waals surface area contributed by atoms with E-state index in [1.807, 2.05) is 19.9 Å². The fourth-order valence-electron chi connectivity index (χ4n) is 2.74. The summed E-state index contributed by atoms with van der Waals surface area (Å²) in [7, 11) is 0. The van der Waals surface area contributed by atoms with Crippen molar-refractivity contribution < 1.29 is 9.59 Å². The Balaban J connectivity index is 1.77. The van der Waals surface area contributed by atoms with E-state index in [2.05, 4.69) is 20.8 Å². The van der Waals surface area contributed by atoms with Crippen molar-refractivity contribution in [2.75, 3.05) is 10.6 Å². The molecule has 0 radical (unpaired) electrons. The first-order valence-corrected chi connectivity index (χ1v) is 8.61. The number of carbonyl (C=O) groups is 2. The number of carbonyl (C=O) groups excluding carboxylic acids is 2. The van der Waals surface area contributed by atoms with Gasteiger partial charge in [0.15, 0.2) is 5.82 Å². The van der Waals surface area contributed by atoms with Gasteiger partial charge in [-0.1, -0.05) is 6.07 Å². The molecule has 2 heterocycles. The molecular formula is C19H20N6O3. The molecule has 144 valence electrons. The van der Waals surface area contributed by atoms with Gasteiger partial charge in [0.2, 0.25) is 11.8 Å². The van der Waals surface area contributed by atoms with Gasteiger partial charge in [0.1, 0.15) is 6.54 Å². The minimum atomic E-state index is -0.417. The number of rotatable bonds is 5. The molecular weight excluding hydrogens is 360 g/mol. The van der Waals surface area contributed by atoms with E-state index < -0.39 is 11.5 Å². The lowest BCUT2D eigenvalue weighted by Gasteiger charge is -2.10. The molecule has 0 aliphatic carbocycles. The maximum absolute atomic E-state index is 12.4. The second kappa shape index (κ2) is 7.87. The zero-order chi connectivity index (χ0) is 20.3. The van der Waals surface area contributed by atoms with Crippen LogP contribution < -0.4 is 16.2 Å². The van der Waals surface area contributed by atoms with E-state index in [4.69, 9.17) is 0 Å². The summed E-state index contributed by atoms with van der Waals surface area (Å²) in [6.07, 6.45) is 0. The van der Waals surface area contributed by atoms with Crippen LogP contribution in [0.1, 0.15) is 18.3 Å². The van der Waals surface area contributed by atoms with E-state index in [1.165, 1.54) is 13.0 Å². The second-order valence-electron chi connectivity index (χ2n) is 6.34. The lowest BCUT2D eigenvalue weighted by atomic mass is 10.2. The number of hydrogen-bond donors (Lipinski definition) is 2. The number of benzene rings is 1. The third kappa shape index (κ3) is 4.50. The Hall–Kier alpha value is -3.75. The Bertz CT molecular complexity index is 1100. The Morgan fingerprint density at radius 2 is 1.71 bits per heavy atom. The average molecular weight is 380 g/mol. The number of nitrogens with zero attached hydrogens (tertiary/aromatic N) is 4. The molecule has 3 rings (SSSR count). The molecule has 28 heavy (non-hydrogen) atoms. The summed E-state index contributed by atoms with van der Waals surface area (Å²) < 4.78 is 2.69. The van der Waals surface area contributed by atoms with Crippen molar-refractivity contribution in [3.8, 4) is 5.82 Å². The third-order valence-electron chi connectivity index (χ3n) is 3.84. The van der Waals surface area contributed by atoms with E-state index in [0.717, 1.165) is 16.1 Å². The Labute approximate surface area is 161 Å². The first-order valence-electron chi connectivity index (χ1n) is 8.61. The maximum Gasteiger partial charge on any atom is 0.267 e. The molecule has 0 unspecified atom stereocenters. The number of amides is 2. The van der Waals surface area contributed by atoms with Crippen LogP contribution in [0.3, 0.4) is 0 Å². The highest BCUT2D eigenvalue weighted by atomic mass is 16.2. The molecule has 0 saturated heterocycles. The summed E-state index contributed by atoms with van der Waals surface area (Å²) in [5, 5.41) is 13.9. The minimum Gasteiger partial charge on any atom is -0.326 e. The van der Waals surface area contributed by atoms with Crippen LogP contribution in [0.4, 0.5) is 11.4 Å². The van der Waals surface area contributed by atoms with Gasteiger partial charge in [-0.25, -0.2) is 9.36 Å². The Kier molecular flexibility index (Phi) is 5.35. The van der Waals surface area contributed by atoms with Crippen LogP contribution in [0.25, 0.3) is 5.82 Å². The molecule has 1 aromatic carbocycles. The summed E-state index contributed by atoms with van der Waals surface area (Å²) >= 11 is 0. The van der Waals surface area contributed by atoms with Crippen LogP contribution in [0.2, 0.25) is 0 Å². The quantitative estimate of drug-likeness (QED) is 0.699. The highest BCUT2D eigenvalue weighted by Gasteiger charge is 2.11. The lowest BCUT2D eigenvalue weighted by Crippen LogP contribution is -2.30. The molecule has 0 atom stereocenters. The lowest BCUT2D eigenvalue weighted by molar-refractivity contribution is -0.117. The third-order valence-corrected chi connectivity index (χ3v) is 3.84. The number of hydrogen-bond acceptors (Lipinski definition) is 5. The standard InChI is InChI=1S/C19H20N6O3/c1-12-9-13(2)25(22-12)17-7-8-19(28)24(23-17)11-18(27)21-16-6-4-5-15(10-16)20-14(3)26/h4-10H,11H2,1-3H3,(H,20,26)(H,21,27). The molecule has 9 nitrogen and oxygen atoms in total. The molecule has 9 heteroatoms. The van der Waals surface area contributed by atoms with E-state index in [0.29, 0.717) is 17.2 Å². The van der Waals surface area contributed by atoms with Gasteiger partial charge >= 0.3 is 0 Å². The van der Waals surface area contributed by atoms with Gasteiger partial charge in [0.05, 0.1) is 5.69 Å². The van der Waals surface area contributed by atoms with Crippen molar-refractivity contribution in [2.45, 2.75) is 27.3 Å². The Morgan fingerprint density at radius 1 is 1.00 bits per heavy atom. The largest absolute Gasteiger partial charge is 0.326 e. The summed E-state index contributed by atoms with van der Waals surface area (Å²) in [6, 6.07) is 11.5. The molecule has 3 aromatic rings. The van der Waals surface area contributed by atoms with Gasteiger partial charge in [0, 0.05) is 30.1 Å². The van der Waals surface area contributed by atoms with Crippen LogP contribution in [0.15, 0.2) is 47.3 Å². The maximum atomic E-state index is 12.4. The highest BCUT2D eigenvalue weighted by molar-refractivity contribution is 5.93. The number of anilines is 2. The zero-order valence-corrected chi connectivity index (χ0v) is 15.8. The van der Waals surface area contributed by atoms with Crippen LogP contribution in [-0.2, 0) is 16.1 Å². The van der Waals surface area contributed by atoms with Gasteiger partial charge in [-0.2, -0.15) is 5.10 Å². The number of aromatic nitrogens is 4. The summed E-state index contributed by atoms with van der Waals surface area (Å²) in [5.74, 6) is -0.175. The van der Waals surface area contributed by atoms with Gasteiger partial charge < -0.3 is 10.6 Å². The molecule has 0 aliphatic heterocycles. The number of aryl methyl sites for hydroxylation is 2. The molecule has 0 bridgehead atoms. The summed E-state index contributed by atoms with van der Waals surface area (Å²) in [5.41, 5.74) is 2.36. The van der Waals surface area contributed by atoms with Crippen molar-refractivity contribution >= 4 is 23.2 Å². The summed E-state index contributed by atoms with van der Waals surface area (Å²) in [6.45, 7) is 4.89. The monoisotopic (exact) mass is 380 g/mol. The SMILES string of the molecule is CC(=O)Nc1cccc(NC(=O)Cn2nc(-n3nc(C)cc3C)ccc2=O)c1.